The second-order valence-corrected chi connectivity index (χ2v) is 6.05. The maximum absolute atomic E-state index is 13.8. The van der Waals surface area contributed by atoms with Crippen molar-refractivity contribution in [1.82, 2.24) is 0 Å². The summed E-state index contributed by atoms with van der Waals surface area (Å²) in [4.78, 5) is 22.5. The second kappa shape index (κ2) is 5.79. The maximum atomic E-state index is 13.8. The van der Waals surface area contributed by atoms with Crippen LogP contribution in [0.5, 0.6) is 5.75 Å². The Bertz CT molecular complexity index is 536. The Hall–Kier alpha value is -1.98. The van der Waals surface area contributed by atoms with Crippen molar-refractivity contribution in [2.45, 2.75) is 45.8 Å². The zero-order chi connectivity index (χ0) is 16.4. The third-order valence-corrected chi connectivity index (χ3v) is 2.40. The summed E-state index contributed by atoms with van der Waals surface area (Å²) >= 11 is 0. The third-order valence-electron chi connectivity index (χ3n) is 2.40. The number of esters is 1. The molecule has 0 fully saturated rings. The molecule has 1 aromatic carbocycles. The van der Waals surface area contributed by atoms with Gasteiger partial charge in [-0.1, -0.05) is 0 Å². The lowest BCUT2D eigenvalue weighted by atomic mass is 10.1. The molecule has 0 N–H and O–H groups in total. The largest absolute Gasteiger partial charge is 0.470 e. The lowest BCUT2D eigenvalue weighted by Gasteiger charge is -2.29. The molecule has 0 atom stereocenters. The van der Waals surface area contributed by atoms with Gasteiger partial charge in [0.05, 0.1) is 0 Å². The molecule has 0 spiro atoms. The van der Waals surface area contributed by atoms with Crippen molar-refractivity contribution < 1.29 is 27.8 Å². The highest BCUT2D eigenvalue weighted by Crippen LogP contribution is 2.28. The van der Waals surface area contributed by atoms with Crippen molar-refractivity contribution in [3.05, 3.63) is 29.3 Å². The quantitative estimate of drug-likeness (QED) is 0.632. The summed E-state index contributed by atoms with van der Waals surface area (Å²) in [5.74, 6) is -3.60. The number of hydrogen-bond donors (Lipinski definition) is 0. The number of halogens is 2. The lowest BCUT2D eigenvalue weighted by Crippen LogP contribution is -2.43. The first-order valence-electron chi connectivity index (χ1n) is 6.33. The molecule has 0 unspecified atom stereocenters. The fourth-order valence-corrected chi connectivity index (χ4v) is 1.44. The van der Waals surface area contributed by atoms with Crippen LogP contribution in [-0.4, -0.2) is 23.5 Å². The Morgan fingerprint density at radius 1 is 1.10 bits per heavy atom. The summed E-state index contributed by atoms with van der Waals surface area (Å²) < 4.78 is 37.8. The minimum Gasteiger partial charge on any atom is -0.470 e. The normalized spacial score (nSPS) is 12.0. The van der Waals surface area contributed by atoms with Crippen LogP contribution in [-0.2, 0) is 9.53 Å². The predicted molar refractivity (Wildman–Crippen MR) is 72.3 cm³/mol. The Morgan fingerprint density at radius 2 is 1.57 bits per heavy atom. The first kappa shape index (κ1) is 17.1. The Kier molecular flexibility index (Phi) is 4.71. The van der Waals surface area contributed by atoms with Crippen LogP contribution in [0.4, 0.5) is 8.78 Å². The van der Waals surface area contributed by atoms with Crippen molar-refractivity contribution in [2.24, 2.45) is 0 Å². The maximum Gasteiger partial charge on any atom is 0.350 e. The third kappa shape index (κ3) is 4.51. The van der Waals surface area contributed by atoms with Gasteiger partial charge in [0, 0.05) is 5.56 Å². The minimum absolute atomic E-state index is 0.160. The van der Waals surface area contributed by atoms with Crippen LogP contribution in [0.3, 0.4) is 0 Å². The van der Waals surface area contributed by atoms with Gasteiger partial charge in [-0.25, -0.2) is 13.6 Å². The number of benzene rings is 1. The molecule has 0 aromatic heterocycles. The van der Waals surface area contributed by atoms with E-state index in [1.54, 1.807) is 20.8 Å². The summed E-state index contributed by atoms with van der Waals surface area (Å²) in [7, 11) is 0. The predicted octanol–water partition coefficient (Wildman–Crippen LogP) is 3.28. The Labute approximate surface area is 122 Å². The van der Waals surface area contributed by atoms with Crippen molar-refractivity contribution >= 4 is 12.3 Å². The van der Waals surface area contributed by atoms with Crippen molar-refractivity contribution in [3.8, 4) is 5.75 Å². The molecule has 4 nitrogen and oxygen atoms in total. The van der Waals surface area contributed by atoms with E-state index in [-0.39, 0.29) is 5.56 Å². The highest BCUT2D eigenvalue weighted by molar-refractivity contribution is 5.79. The zero-order valence-electron chi connectivity index (χ0n) is 12.6. The molecular weight excluding hydrogens is 282 g/mol. The molecular formula is C15H18F2O4. The molecule has 0 saturated carbocycles. The molecule has 21 heavy (non-hydrogen) atoms. The van der Waals surface area contributed by atoms with Crippen LogP contribution >= 0.6 is 0 Å². The Morgan fingerprint density at radius 3 is 1.95 bits per heavy atom. The van der Waals surface area contributed by atoms with E-state index in [4.69, 9.17) is 9.47 Å². The van der Waals surface area contributed by atoms with Crippen LogP contribution in [0, 0.1) is 11.6 Å². The minimum atomic E-state index is -1.59. The van der Waals surface area contributed by atoms with E-state index in [0.717, 1.165) is 12.1 Å². The van der Waals surface area contributed by atoms with E-state index in [0.29, 0.717) is 6.29 Å². The molecule has 0 heterocycles. The van der Waals surface area contributed by atoms with E-state index in [9.17, 15) is 18.4 Å². The Balaban J connectivity index is 3.04. The molecule has 1 rings (SSSR count). The van der Waals surface area contributed by atoms with E-state index < -0.39 is 34.6 Å². The van der Waals surface area contributed by atoms with E-state index >= 15 is 0 Å². The van der Waals surface area contributed by atoms with Gasteiger partial charge in [-0.3, -0.25) is 4.79 Å². The van der Waals surface area contributed by atoms with Crippen LogP contribution in [0.1, 0.15) is 45.0 Å². The average molecular weight is 300 g/mol. The zero-order valence-corrected chi connectivity index (χ0v) is 12.6. The summed E-state index contributed by atoms with van der Waals surface area (Å²) in [5, 5.41) is 0. The standard InChI is InChI=1S/C15H18F2O4/c1-14(2,3)21-13(19)15(4,5)20-12-10(16)6-9(8-18)7-11(12)17/h6-8H,1-5H3. The van der Waals surface area contributed by atoms with E-state index in [1.165, 1.54) is 13.8 Å². The second-order valence-electron chi connectivity index (χ2n) is 6.05. The molecule has 0 aliphatic heterocycles. The highest BCUT2D eigenvalue weighted by Gasteiger charge is 2.36. The van der Waals surface area contributed by atoms with Crippen LogP contribution in [0.15, 0.2) is 12.1 Å². The first-order valence-corrected chi connectivity index (χ1v) is 6.33. The van der Waals surface area contributed by atoms with Gasteiger partial charge in [-0.05, 0) is 46.8 Å². The number of ether oxygens (including phenoxy) is 2. The molecule has 0 amide bonds. The van der Waals surface area contributed by atoms with Gasteiger partial charge in [0.2, 0.25) is 5.60 Å². The lowest BCUT2D eigenvalue weighted by molar-refractivity contribution is -0.171. The molecule has 1 aromatic rings. The SMILES string of the molecule is CC(C)(C)OC(=O)C(C)(C)Oc1c(F)cc(C=O)cc1F. The summed E-state index contributed by atoms with van der Waals surface area (Å²) in [6, 6.07) is 1.66. The topological polar surface area (TPSA) is 52.6 Å². The van der Waals surface area contributed by atoms with Gasteiger partial charge in [-0.2, -0.15) is 0 Å². The molecule has 0 bridgehead atoms. The number of rotatable bonds is 4. The summed E-state index contributed by atoms with van der Waals surface area (Å²) in [5.41, 5.74) is -2.50. The number of hydrogen-bond acceptors (Lipinski definition) is 4. The summed E-state index contributed by atoms with van der Waals surface area (Å²) in [6.07, 6.45) is 0.314. The van der Waals surface area contributed by atoms with Gasteiger partial charge in [0.25, 0.3) is 0 Å². The monoisotopic (exact) mass is 300 g/mol. The number of aldehydes is 1. The molecule has 0 aliphatic rings. The molecule has 116 valence electrons. The fraction of sp³-hybridized carbons (Fsp3) is 0.467. The first-order chi connectivity index (χ1) is 9.46. The van der Waals surface area contributed by atoms with Crippen molar-refractivity contribution in [2.75, 3.05) is 0 Å². The smallest absolute Gasteiger partial charge is 0.350 e. The molecule has 0 saturated heterocycles. The number of carbonyl (C=O) groups is 2. The van der Waals surface area contributed by atoms with Crippen LogP contribution < -0.4 is 4.74 Å². The molecule has 0 aliphatic carbocycles. The average Bonchev–Trinajstić information content (AvgIpc) is 2.31. The van der Waals surface area contributed by atoms with Gasteiger partial charge >= 0.3 is 5.97 Å². The van der Waals surface area contributed by atoms with Gasteiger partial charge < -0.3 is 9.47 Å². The molecule has 6 heteroatoms. The summed E-state index contributed by atoms with van der Waals surface area (Å²) in [6.45, 7) is 7.68. The van der Waals surface area contributed by atoms with E-state index in [1.807, 2.05) is 0 Å². The van der Waals surface area contributed by atoms with Gasteiger partial charge in [-0.15, -0.1) is 0 Å². The van der Waals surface area contributed by atoms with Crippen LogP contribution in [0.25, 0.3) is 0 Å². The van der Waals surface area contributed by atoms with Crippen molar-refractivity contribution in [3.63, 3.8) is 0 Å². The van der Waals surface area contributed by atoms with Gasteiger partial charge in [0.15, 0.2) is 17.4 Å². The van der Waals surface area contributed by atoms with Crippen LogP contribution in [0.2, 0.25) is 0 Å². The van der Waals surface area contributed by atoms with E-state index in [2.05, 4.69) is 0 Å². The number of carbonyl (C=O) groups excluding carboxylic acids is 2. The van der Waals surface area contributed by atoms with Gasteiger partial charge in [0.1, 0.15) is 11.9 Å². The fourth-order valence-electron chi connectivity index (χ4n) is 1.44. The van der Waals surface area contributed by atoms with Crippen molar-refractivity contribution in [1.29, 1.82) is 0 Å². The highest BCUT2D eigenvalue weighted by atomic mass is 19.1. The molecule has 0 radical (unpaired) electrons.